The Morgan fingerprint density at radius 3 is 1.42 bits per heavy atom. The van der Waals surface area contributed by atoms with Gasteiger partial charge in [0.25, 0.3) is 0 Å². The molecule has 38 heavy (non-hydrogen) atoms. The first-order valence-corrected chi connectivity index (χ1v) is 12.7. The van der Waals surface area contributed by atoms with Crippen LogP contribution in [0.3, 0.4) is 0 Å². The van der Waals surface area contributed by atoms with E-state index in [-0.39, 0.29) is 6.10 Å². The van der Waals surface area contributed by atoms with E-state index < -0.39 is 0 Å². The van der Waals surface area contributed by atoms with Crippen molar-refractivity contribution in [3.8, 4) is 28.0 Å². The molecule has 7 aromatic rings. The van der Waals surface area contributed by atoms with E-state index in [0.29, 0.717) is 0 Å². The minimum atomic E-state index is 0.0743. The predicted molar refractivity (Wildman–Crippen MR) is 154 cm³/mol. The first-order valence-electron chi connectivity index (χ1n) is 12.7. The van der Waals surface area contributed by atoms with Gasteiger partial charge in [0, 0.05) is 28.7 Å². The summed E-state index contributed by atoms with van der Waals surface area (Å²) in [5, 5.41) is 4.26. The average Bonchev–Trinajstić information content (AvgIpc) is 3.51. The zero-order valence-electron chi connectivity index (χ0n) is 21.4. The van der Waals surface area contributed by atoms with Gasteiger partial charge in [-0.25, -0.2) is 0 Å². The van der Waals surface area contributed by atoms with Gasteiger partial charge in [-0.15, -0.1) is 0 Å². The highest BCUT2D eigenvalue weighted by Gasteiger charge is 2.15. The van der Waals surface area contributed by atoms with E-state index in [4.69, 9.17) is 18.3 Å². The van der Waals surface area contributed by atoms with Gasteiger partial charge < -0.3 is 18.3 Å². The summed E-state index contributed by atoms with van der Waals surface area (Å²) in [5.74, 6) is 0.843. The Bertz CT molecular complexity index is 1940. The molecule has 2 aromatic heterocycles. The van der Waals surface area contributed by atoms with E-state index in [1.807, 2.05) is 12.1 Å². The lowest BCUT2D eigenvalue weighted by atomic mass is 10.0. The second-order valence-corrected chi connectivity index (χ2v) is 9.70. The molecule has 0 aliphatic carbocycles. The summed E-state index contributed by atoms with van der Waals surface area (Å²) in [7, 11) is 3.41. The van der Waals surface area contributed by atoms with E-state index in [2.05, 4.69) is 91.9 Å². The van der Waals surface area contributed by atoms with Gasteiger partial charge in [-0.2, -0.15) is 0 Å². The maximum atomic E-state index is 6.36. The van der Waals surface area contributed by atoms with Crippen LogP contribution in [0.15, 0.2) is 106 Å². The van der Waals surface area contributed by atoms with Crippen LogP contribution in [0.1, 0.15) is 18.6 Å². The summed E-state index contributed by atoms with van der Waals surface area (Å²) in [5.41, 5.74) is 9.08. The van der Waals surface area contributed by atoms with Gasteiger partial charge in [0.15, 0.2) is 0 Å². The number of benzene rings is 5. The van der Waals surface area contributed by atoms with Gasteiger partial charge in [-0.1, -0.05) is 48.5 Å². The molecule has 0 spiro atoms. The highest BCUT2D eigenvalue weighted by Crippen LogP contribution is 2.39. The molecule has 4 nitrogen and oxygen atoms in total. The van der Waals surface area contributed by atoms with Crippen LogP contribution in [0.4, 0.5) is 0 Å². The molecule has 0 aliphatic rings. The van der Waals surface area contributed by atoms with Crippen molar-refractivity contribution in [3.63, 3.8) is 0 Å². The Hall–Kier alpha value is -4.54. The molecule has 1 unspecified atom stereocenters. The highest BCUT2D eigenvalue weighted by molar-refractivity contribution is 6.15. The van der Waals surface area contributed by atoms with Crippen molar-refractivity contribution in [1.82, 2.24) is 0 Å². The minimum Gasteiger partial charge on any atom is -0.497 e. The van der Waals surface area contributed by atoms with Crippen LogP contribution in [0.2, 0.25) is 0 Å². The van der Waals surface area contributed by atoms with Crippen molar-refractivity contribution in [2.24, 2.45) is 0 Å². The lowest BCUT2D eigenvalue weighted by Crippen LogP contribution is -1.94. The topological polar surface area (TPSA) is 44.7 Å². The SMILES string of the molecule is COc1ccc(-c2ccc3c(c2)oc2cc4c(cc23)oc2cc(-c3ccc(C(C)OC)cc3)ccc24)cc1. The number of hydrogen-bond acceptors (Lipinski definition) is 4. The third-order valence-corrected chi connectivity index (χ3v) is 7.56. The summed E-state index contributed by atoms with van der Waals surface area (Å²) in [6, 6.07) is 33.5. The molecule has 5 aromatic carbocycles. The lowest BCUT2D eigenvalue weighted by molar-refractivity contribution is 0.119. The molecule has 0 saturated carbocycles. The number of methoxy groups -OCH3 is 2. The first-order chi connectivity index (χ1) is 18.6. The molecule has 0 bridgehead atoms. The maximum absolute atomic E-state index is 6.36. The first kappa shape index (κ1) is 22.6. The molecule has 0 radical (unpaired) electrons. The van der Waals surface area contributed by atoms with Gasteiger partial charge in [0.1, 0.15) is 28.1 Å². The average molecular weight is 499 g/mol. The molecular formula is C34H26O4. The molecule has 7 rings (SSSR count). The molecule has 2 heterocycles. The van der Waals surface area contributed by atoms with Crippen LogP contribution >= 0.6 is 0 Å². The minimum absolute atomic E-state index is 0.0743. The van der Waals surface area contributed by atoms with E-state index in [0.717, 1.165) is 77.4 Å². The van der Waals surface area contributed by atoms with Crippen LogP contribution in [-0.2, 0) is 4.74 Å². The summed E-state index contributed by atoms with van der Waals surface area (Å²) < 4.78 is 23.4. The highest BCUT2D eigenvalue weighted by atomic mass is 16.5. The second kappa shape index (κ2) is 8.79. The van der Waals surface area contributed by atoms with Gasteiger partial charge in [-0.3, -0.25) is 0 Å². The molecule has 186 valence electrons. The van der Waals surface area contributed by atoms with E-state index in [1.54, 1.807) is 14.2 Å². The number of ether oxygens (including phenoxy) is 2. The summed E-state index contributed by atoms with van der Waals surface area (Å²) in [6.07, 6.45) is 0.0743. The van der Waals surface area contributed by atoms with Crippen LogP contribution < -0.4 is 4.74 Å². The van der Waals surface area contributed by atoms with Gasteiger partial charge in [-0.05, 0) is 83.3 Å². The fourth-order valence-electron chi connectivity index (χ4n) is 5.27. The number of furan rings is 2. The van der Waals surface area contributed by atoms with Crippen LogP contribution in [0.25, 0.3) is 66.1 Å². The van der Waals surface area contributed by atoms with Crippen molar-refractivity contribution >= 4 is 43.9 Å². The molecule has 0 amide bonds. The number of hydrogen-bond donors (Lipinski definition) is 0. The zero-order chi connectivity index (χ0) is 25.8. The molecule has 0 N–H and O–H groups in total. The van der Waals surface area contributed by atoms with Gasteiger partial charge in [0.05, 0.1) is 13.2 Å². The smallest absolute Gasteiger partial charge is 0.136 e. The predicted octanol–water partition coefficient (Wildman–Crippen LogP) is 9.54. The van der Waals surface area contributed by atoms with Crippen LogP contribution in [0, 0.1) is 0 Å². The van der Waals surface area contributed by atoms with Crippen molar-refractivity contribution in [2.75, 3.05) is 14.2 Å². The van der Waals surface area contributed by atoms with E-state index in [1.165, 1.54) is 0 Å². The quantitative estimate of drug-likeness (QED) is 0.237. The lowest BCUT2D eigenvalue weighted by Gasteiger charge is -2.10. The molecule has 1 atom stereocenters. The Balaban J connectivity index is 1.29. The second-order valence-electron chi connectivity index (χ2n) is 9.70. The van der Waals surface area contributed by atoms with Gasteiger partial charge in [0.2, 0.25) is 0 Å². The summed E-state index contributed by atoms with van der Waals surface area (Å²) in [4.78, 5) is 0. The Morgan fingerprint density at radius 2 is 0.947 bits per heavy atom. The molecule has 4 heteroatoms. The monoisotopic (exact) mass is 498 g/mol. The fourth-order valence-corrected chi connectivity index (χ4v) is 5.27. The summed E-state index contributed by atoms with van der Waals surface area (Å²) >= 11 is 0. The Labute approximate surface area is 220 Å². The molecule has 0 saturated heterocycles. The Kier molecular flexibility index (Phi) is 5.24. The molecule has 0 fully saturated rings. The van der Waals surface area contributed by atoms with Crippen molar-refractivity contribution in [3.05, 3.63) is 103 Å². The zero-order valence-corrected chi connectivity index (χ0v) is 21.4. The largest absolute Gasteiger partial charge is 0.497 e. The van der Waals surface area contributed by atoms with Crippen molar-refractivity contribution in [2.45, 2.75) is 13.0 Å². The van der Waals surface area contributed by atoms with Crippen molar-refractivity contribution in [1.29, 1.82) is 0 Å². The van der Waals surface area contributed by atoms with E-state index in [9.17, 15) is 0 Å². The standard InChI is InChI=1S/C34H26O4/c1-20(35-2)21-4-6-22(7-5-21)24-10-14-27-29-18-34-30(19-33(29)37-31(27)16-24)28-15-11-25(17-32(28)38-34)23-8-12-26(36-3)13-9-23/h4-20H,1-3H3. The summed E-state index contributed by atoms with van der Waals surface area (Å²) in [6.45, 7) is 2.05. The molecule has 0 aliphatic heterocycles. The molecular weight excluding hydrogens is 472 g/mol. The van der Waals surface area contributed by atoms with Gasteiger partial charge >= 0.3 is 0 Å². The third-order valence-electron chi connectivity index (χ3n) is 7.56. The third kappa shape index (κ3) is 3.65. The number of rotatable bonds is 5. The fraction of sp³-hybridized carbons (Fsp3) is 0.118. The van der Waals surface area contributed by atoms with Crippen molar-refractivity contribution < 1.29 is 18.3 Å². The Morgan fingerprint density at radius 1 is 0.500 bits per heavy atom. The maximum Gasteiger partial charge on any atom is 0.136 e. The van der Waals surface area contributed by atoms with E-state index >= 15 is 0 Å². The van der Waals surface area contributed by atoms with Crippen LogP contribution in [0.5, 0.6) is 5.75 Å². The van der Waals surface area contributed by atoms with Crippen LogP contribution in [-0.4, -0.2) is 14.2 Å². The normalized spacial score (nSPS) is 12.6. The number of fused-ring (bicyclic) bond motifs is 6.